The van der Waals surface area contributed by atoms with Crippen LogP contribution in [0.5, 0.6) is 0 Å². The van der Waals surface area contributed by atoms with Crippen LogP contribution in [0.15, 0.2) is 33.9 Å². The smallest absolute Gasteiger partial charge is 0.330 e. The number of piperidine rings is 1. The van der Waals surface area contributed by atoms with Gasteiger partial charge in [0.05, 0.1) is 12.7 Å². The zero-order valence-electron chi connectivity index (χ0n) is 17.9. The normalized spacial score (nSPS) is 23.8. The number of halogens is 1. The molecule has 30 heavy (non-hydrogen) atoms. The average Bonchev–Trinajstić information content (AvgIpc) is 2.98. The van der Waals surface area contributed by atoms with E-state index < -0.39 is 0 Å². The summed E-state index contributed by atoms with van der Waals surface area (Å²) in [5.74, 6) is -0.216. The Morgan fingerprint density at radius 1 is 1.07 bits per heavy atom. The van der Waals surface area contributed by atoms with Crippen LogP contribution in [-0.4, -0.2) is 38.8 Å². The second kappa shape index (κ2) is 8.47. The first-order valence-electron chi connectivity index (χ1n) is 10.7. The molecule has 0 aliphatic carbocycles. The van der Waals surface area contributed by atoms with Crippen molar-refractivity contribution in [3.63, 3.8) is 0 Å². The minimum atomic E-state index is -0.283. The first-order valence-corrected chi connectivity index (χ1v) is 10.7. The maximum atomic E-state index is 13.8. The van der Waals surface area contributed by atoms with Crippen LogP contribution in [0.1, 0.15) is 42.5 Å². The minimum absolute atomic E-state index is 0.144. The molecule has 2 aliphatic heterocycles. The monoisotopic (exact) mass is 415 g/mol. The third-order valence-electron chi connectivity index (χ3n) is 6.97. The van der Waals surface area contributed by atoms with Gasteiger partial charge in [-0.3, -0.25) is 14.3 Å². The lowest BCUT2D eigenvalue weighted by molar-refractivity contribution is -0.0286. The van der Waals surface area contributed by atoms with Crippen LogP contribution in [-0.2, 0) is 31.9 Å². The summed E-state index contributed by atoms with van der Waals surface area (Å²) in [6.07, 6.45) is 4.93. The van der Waals surface area contributed by atoms with Crippen molar-refractivity contribution in [3.8, 4) is 0 Å². The van der Waals surface area contributed by atoms with E-state index in [1.165, 1.54) is 17.7 Å². The van der Waals surface area contributed by atoms with Crippen molar-refractivity contribution in [2.75, 3.05) is 6.54 Å². The molecular weight excluding hydrogens is 385 g/mol. The van der Waals surface area contributed by atoms with Crippen LogP contribution in [0, 0.1) is 12.7 Å². The highest BCUT2D eigenvalue weighted by Crippen LogP contribution is 2.37. The molecule has 1 aromatic heterocycles. The van der Waals surface area contributed by atoms with E-state index in [9.17, 15) is 14.0 Å². The highest BCUT2D eigenvalue weighted by molar-refractivity contribution is 5.18. The molecule has 0 radical (unpaired) electrons. The lowest BCUT2D eigenvalue weighted by Gasteiger charge is -2.39. The average molecular weight is 416 g/mol. The minimum Gasteiger partial charge on any atom is -0.373 e. The molecule has 2 fully saturated rings. The maximum absolute atomic E-state index is 13.8. The van der Waals surface area contributed by atoms with Gasteiger partial charge in [0.25, 0.3) is 5.56 Å². The van der Waals surface area contributed by atoms with Gasteiger partial charge in [0.2, 0.25) is 0 Å². The molecule has 2 unspecified atom stereocenters. The molecule has 0 amide bonds. The van der Waals surface area contributed by atoms with E-state index in [2.05, 4.69) is 4.90 Å². The van der Waals surface area contributed by atoms with Gasteiger partial charge in [0.1, 0.15) is 5.82 Å². The number of nitrogens with zero attached hydrogens (tertiary/aromatic N) is 3. The molecule has 6 nitrogen and oxygen atoms in total. The number of benzene rings is 1. The molecule has 2 bridgehead atoms. The van der Waals surface area contributed by atoms with E-state index in [1.807, 2.05) is 13.0 Å². The van der Waals surface area contributed by atoms with Crippen LogP contribution in [0.2, 0.25) is 0 Å². The molecule has 7 heteroatoms. The zero-order chi connectivity index (χ0) is 21.4. The Kier molecular flexibility index (Phi) is 5.93. The van der Waals surface area contributed by atoms with Gasteiger partial charge in [-0.05, 0) is 45.1 Å². The van der Waals surface area contributed by atoms with Crippen molar-refractivity contribution in [1.29, 1.82) is 0 Å². The van der Waals surface area contributed by atoms with Crippen LogP contribution >= 0.6 is 0 Å². The summed E-state index contributed by atoms with van der Waals surface area (Å²) in [5.41, 5.74) is 1.60. The second-order valence-corrected chi connectivity index (χ2v) is 8.64. The van der Waals surface area contributed by atoms with Gasteiger partial charge in [-0.2, -0.15) is 0 Å². The number of fused-ring (bicyclic) bond motifs is 2. The van der Waals surface area contributed by atoms with Gasteiger partial charge in [-0.15, -0.1) is 0 Å². The standard InChI is InChI=1S/C23H30FN3O3/c1-15-20(22(28)26(3)23(29)25(15)2)10-11-27-17-8-9-18(27)13-19(12-17)30-14-16-6-4-5-7-21(16)24/h4-7,17-19H,8-14H2,1-3H3. The van der Waals surface area contributed by atoms with Crippen molar-refractivity contribution in [1.82, 2.24) is 14.0 Å². The summed E-state index contributed by atoms with van der Waals surface area (Å²) in [4.78, 5) is 27.2. The maximum Gasteiger partial charge on any atom is 0.330 e. The van der Waals surface area contributed by atoms with Gasteiger partial charge < -0.3 is 9.30 Å². The highest BCUT2D eigenvalue weighted by atomic mass is 19.1. The van der Waals surface area contributed by atoms with E-state index in [0.29, 0.717) is 30.7 Å². The van der Waals surface area contributed by atoms with Gasteiger partial charge in [-0.25, -0.2) is 9.18 Å². The summed E-state index contributed by atoms with van der Waals surface area (Å²) < 4.78 is 22.7. The Balaban J connectivity index is 1.39. The largest absolute Gasteiger partial charge is 0.373 e. The Labute approximate surface area is 175 Å². The van der Waals surface area contributed by atoms with E-state index in [1.54, 1.807) is 23.7 Å². The number of ether oxygens (including phenoxy) is 1. The fraction of sp³-hybridized carbons (Fsp3) is 0.565. The summed E-state index contributed by atoms with van der Waals surface area (Å²) >= 11 is 0. The van der Waals surface area contributed by atoms with E-state index in [4.69, 9.17) is 4.74 Å². The van der Waals surface area contributed by atoms with Gasteiger partial charge in [0, 0.05) is 49.5 Å². The summed E-state index contributed by atoms with van der Waals surface area (Å²) in [6.45, 7) is 2.96. The number of hydrogen-bond acceptors (Lipinski definition) is 4. The van der Waals surface area contributed by atoms with E-state index in [0.717, 1.165) is 43.5 Å². The summed E-state index contributed by atoms with van der Waals surface area (Å²) in [5, 5.41) is 0. The molecule has 2 aliphatic rings. The van der Waals surface area contributed by atoms with E-state index in [-0.39, 0.29) is 23.2 Å². The predicted molar refractivity (Wildman–Crippen MR) is 113 cm³/mol. The quantitative estimate of drug-likeness (QED) is 0.727. The van der Waals surface area contributed by atoms with Crippen molar-refractivity contribution in [3.05, 3.63) is 67.7 Å². The van der Waals surface area contributed by atoms with Gasteiger partial charge in [0.15, 0.2) is 0 Å². The van der Waals surface area contributed by atoms with Crippen LogP contribution in [0.3, 0.4) is 0 Å². The Hall–Kier alpha value is -2.25. The fourth-order valence-electron chi connectivity index (χ4n) is 5.09. The van der Waals surface area contributed by atoms with Crippen molar-refractivity contribution < 1.29 is 9.13 Å². The molecular formula is C23H30FN3O3. The van der Waals surface area contributed by atoms with Gasteiger partial charge in [-0.1, -0.05) is 18.2 Å². The number of aromatic nitrogens is 2. The molecule has 0 saturated carbocycles. The molecule has 4 rings (SSSR count). The molecule has 0 spiro atoms. The lowest BCUT2D eigenvalue weighted by Crippen LogP contribution is -2.47. The molecule has 3 heterocycles. The molecule has 0 N–H and O–H groups in total. The fourth-order valence-corrected chi connectivity index (χ4v) is 5.09. The Morgan fingerprint density at radius 3 is 2.40 bits per heavy atom. The topological polar surface area (TPSA) is 56.5 Å². The van der Waals surface area contributed by atoms with Crippen molar-refractivity contribution in [2.45, 2.75) is 63.8 Å². The third kappa shape index (κ3) is 3.88. The van der Waals surface area contributed by atoms with Crippen LogP contribution in [0.25, 0.3) is 0 Å². The number of rotatable bonds is 6. The molecule has 2 aromatic rings. The first-order chi connectivity index (χ1) is 14.4. The Bertz CT molecular complexity index is 1030. The molecule has 162 valence electrons. The SMILES string of the molecule is Cc1c(CCN2C3CCC2CC(OCc2ccccc2F)C3)c(=O)n(C)c(=O)n1C. The van der Waals surface area contributed by atoms with Crippen LogP contribution < -0.4 is 11.2 Å². The third-order valence-corrected chi connectivity index (χ3v) is 6.97. The summed E-state index contributed by atoms with van der Waals surface area (Å²) in [7, 11) is 3.25. The molecule has 2 atom stereocenters. The summed E-state index contributed by atoms with van der Waals surface area (Å²) in [6, 6.07) is 7.64. The first kappa shape index (κ1) is 21.0. The molecule has 1 aromatic carbocycles. The van der Waals surface area contributed by atoms with Crippen LogP contribution in [0.4, 0.5) is 4.39 Å². The van der Waals surface area contributed by atoms with E-state index >= 15 is 0 Å². The second-order valence-electron chi connectivity index (χ2n) is 8.64. The zero-order valence-corrected chi connectivity index (χ0v) is 17.9. The van der Waals surface area contributed by atoms with Gasteiger partial charge >= 0.3 is 5.69 Å². The van der Waals surface area contributed by atoms with Crippen molar-refractivity contribution >= 4 is 0 Å². The Morgan fingerprint density at radius 2 is 1.73 bits per heavy atom. The predicted octanol–water partition coefficient (Wildman–Crippen LogP) is 2.29. The number of hydrogen-bond donors (Lipinski definition) is 0. The van der Waals surface area contributed by atoms with Crippen molar-refractivity contribution in [2.24, 2.45) is 14.1 Å². The molecule has 2 saturated heterocycles. The lowest BCUT2D eigenvalue weighted by atomic mass is 9.98. The highest BCUT2D eigenvalue weighted by Gasteiger charge is 2.40.